The fourth-order valence-corrected chi connectivity index (χ4v) is 5.50. The van der Waals surface area contributed by atoms with Crippen LogP contribution in [0.15, 0.2) is 65.7 Å². The molecule has 2 unspecified atom stereocenters. The molecular formula is C25H25N3O3S. The first-order valence-electron chi connectivity index (χ1n) is 10.9. The van der Waals surface area contributed by atoms with Gasteiger partial charge in [-0.2, -0.15) is 0 Å². The number of benzene rings is 2. The van der Waals surface area contributed by atoms with Crippen LogP contribution in [0.2, 0.25) is 0 Å². The summed E-state index contributed by atoms with van der Waals surface area (Å²) >= 11 is 0. The van der Waals surface area contributed by atoms with Crippen molar-refractivity contribution in [2.45, 2.75) is 43.5 Å². The van der Waals surface area contributed by atoms with Crippen molar-refractivity contribution in [3.05, 3.63) is 77.5 Å². The van der Waals surface area contributed by atoms with E-state index in [0.717, 1.165) is 29.7 Å². The van der Waals surface area contributed by atoms with Gasteiger partial charge in [0.15, 0.2) is 0 Å². The van der Waals surface area contributed by atoms with Crippen LogP contribution in [-0.2, 0) is 34.1 Å². The Bertz CT molecular complexity index is 1310. The third kappa shape index (κ3) is 3.61. The third-order valence-corrected chi connectivity index (χ3v) is 7.53. The summed E-state index contributed by atoms with van der Waals surface area (Å²) in [7, 11) is -3.84. The molecule has 6 nitrogen and oxygen atoms in total. The Morgan fingerprint density at radius 1 is 1.03 bits per heavy atom. The topological polar surface area (TPSA) is 93.4 Å². The van der Waals surface area contributed by atoms with Gasteiger partial charge in [-0.3, -0.25) is 9.78 Å². The standard InChI is InChI=1S/C25H25N3O3S/c1-2-21-14-18-8-9-22(32(26,30)31)15-24(18)28(21)25(29)20-11-16-6-7-17(12-19(16)13-20)23-5-3-4-10-27-23/h3-10,12,15,20-21H,2,11,13-14H2,1H3,(H2,26,30,31). The average Bonchev–Trinajstić information content (AvgIpc) is 3.38. The van der Waals surface area contributed by atoms with E-state index in [-0.39, 0.29) is 22.8 Å². The molecule has 0 spiro atoms. The van der Waals surface area contributed by atoms with Crippen LogP contribution in [0.25, 0.3) is 11.3 Å². The lowest BCUT2D eigenvalue weighted by Gasteiger charge is -2.27. The normalized spacial score (nSPS) is 19.6. The molecule has 2 heterocycles. The molecule has 0 fully saturated rings. The van der Waals surface area contributed by atoms with Crippen LogP contribution in [0.4, 0.5) is 5.69 Å². The number of nitrogens with two attached hydrogens (primary N) is 1. The molecule has 0 saturated carbocycles. The largest absolute Gasteiger partial charge is 0.308 e. The lowest BCUT2D eigenvalue weighted by Crippen LogP contribution is -2.41. The second kappa shape index (κ2) is 7.83. The molecular weight excluding hydrogens is 422 g/mol. The zero-order chi connectivity index (χ0) is 22.5. The second-order valence-electron chi connectivity index (χ2n) is 8.61. The fourth-order valence-electron chi connectivity index (χ4n) is 4.97. The number of anilines is 1. The Morgan fingerprint density at radius 3 is 2.53 bits per heavy atom. The van der Waals surface area contributed by atoms with Crippen molar-refractivity contribution in [3.63, 3.8) is 0 Å². The molecule has 2 aliphatic rings. The highest BCUT2D eigenvalue weighted by atomic mass is 32.2. The average molecular weight is 448 g/mol. The minimum atomic E-state index is -3.84. The molecule has 1 aliphatic carbocycles. The Morgan fingerprint density at radius 2 is 1.81 bits per heavy atom. The SMILES string of the molecule is CCC1Cc2ccc(S(N)(=O)=O)cc2N1C(=O)C1Cc2ccc(-c3ccccn3)cc2C1. The molecule has 164 valence electrons. The van der Waals surface area contributed by atoms with Crippen LogP contribution in [0.3, 0.4) is 0 Å². The first kappa shape index (κ1) is 20.8. The number of carbonyl (C=O) groups is 1. The van der Waals surface area contributed by atoms with Gasteiger partial charge in [0.25, 0.3) is 0 Å². The van der Waals surface area contributed by atoms with Crippen molar-refractivity contribution < 1.29 is 13.2 Å². The second-order valence-corrected chi connectivity index (χ2v) is 10.2. The number of fused-ring (bicyclic) bond motifs is 2. The van der Waals surface area contributed by atoms with Crippen molar-refractivity contribution in [1.82, 2.24) is 4.98 Å². The highest BCUT2D eigenvalue weighted by Gasteiger charge is 2.38. The van der Waals surface area contributed by atoms with E-state index in [1.807, 2.05) is 23.1 Å². The molecule has 2 atom stereocenters. The van der Waals surface area contributed by atoms with E-state index in [9.17, 15) is 13.2 Å². The number of primary sulfonamides is 1. The molecule has 7 heteroatoms. The predicted molar refractivity (Wildman–Crippen MR) is 124 cm³/mol. The van der Waals surface area contributed by atoms with Crippen molar-refractivity contribution in [2.24, 2.45) is 11.1 Å². The molecule has 32 heavy (non-hydrogen) atoms. The summed E-state index contributed by atoms with van der Waals surface area (Å²) in [5.41, 5.74) is 6.00. The molecule has 1 aliphatic heterocycles. The van der Waals surface area contributed by atoms with Crippen LogP contribution >= 0.6 is 0 Å². The Balaban J connectivity index is 1.44. The van der Waals surface area contributed by atoms with Crippen molar-refractivity contribution in [3.8, 4) is 11.3 Å². The number of rotatable bonds is 4. The zero-order valence-electron chi connectivity index (χ0n) is 17.9. The molecule has 0 radical (unpaired) electrons. The molecule has 3 aromatic rings. The predicted octanol–water partition coefficient (Wildman–Crippen LogP) is 3.48. The van der Waals surface area contributed by atoms with Gasteiger partial charge in [0, 0.05) is 29.4 Å². The number of hydrogen-bond donors (Lipinski definition) is 1. The number of aromatic nitrogens is 1. The summed E-state index contributed by atoms with van der Waals surface area (Å²) in [4.78, 5) is 20.0. The maximum absolute atomic E-state index is 13.7. The fraction of sp³-hybridized carbons (Fsp3) is 0.280. The van der Waals surface area contributed by atoms with Gasteiger partial charge in [0.2, 0.25) is 15.9 Å². The monoisotopic (exact) mass is 447 g/mol. The lowest BCUT2D eigenvalue weighted by atomic mass is 10.0. The van der Waals surface area contributed by atoms with Crippen molar-refractivity contribution >= 4 is 21.6 Å². The highest BCUT2D eigenvalue weighted by Crippen LogP contribution is 2.39. The summed E-state index contributed by atoms with van der Waals surface area (Å²) in [5, 5.41) is 5.34. The van der Waals surface area contributed by atoms with E-state index in [1.165, 1.54) is 17.2 Å². The van der Waals surface area contributed by atoms with E-state index < -0.39 is 10.0 Å². The Kier molecular flexibility index (Phi) is 5.10. The number of pyridine rings is 1. The van der Waals surface area contributed by atoms with E-state index >= 15 is 0 Å². The molecule has 1 amide bonds. The number of carbonyl (C=O) groups excluding carboxylic acids is 1. The van der Waals surface area contributed by atoms with Crippen LogP contribution in [0.1, 0.15) is 30.0 Å². The molecule has 2 aromatic carbocycles. The van der Waals surface area contributed by atoms with E-state index in [0.29, 0.717) is 18.5 Å². The number of amides is 1. The Hall–Kier alpha value is -3.03. The van der Waals surface area contributed by atoms with Crippen LogP contribution in [-0.4, -0.2) is 25.4 Å². The van der Waals surface area contributed by atoms with Gasteiger partial charge >= 0.3 is 0 Å². The summed E-state index contributed by atoms with van der Waals surface area (Å²) in [6.45, 7) is 2.06. The maximum atomic E-state index is 13.7. The van der Waals surface area contributed by atoms with Crippen molar-refractivity contribution in [2.75, 3.05) is 4.90 Å². The van der Waals surface area contributed by atoms with E-state index in [2.05, 4.69) is 30.1 Å². The molecule has 5 rings (SSSR count). The van der Waals surface area contributed by atoms with Crippen LogP contribution in [0, 0.1) is 5.92 Å². The number of hydrogen-bond acceptors (Lipinski definition) is 4. The first-order valence-corrected chi connectivity index (χ1v) is 12.4. The van der Waals surface area contributed by atoms with Gasteiger partial charge in [-0.25, -0.2) is 13.6 Å². The van der Waals surface area contributed by atoms with Gasteiger partial charge in [-0.1, -0.05) is 31.2 Å². The van der Waals surface area contributed by atoms with Gasteiger partial charge in [0.05, 0.1) is 10.6 Å². The van der Waals surface area contributed by atoms with Crippen LogP contribution < -0.4 is 10.0 Å². The summed E-state index contributed by atoms with van der Waals surface area (Å²) < 4.78 is 23.8. The smallest absolute Gasteiger partial charge is 0.238 e. The zero-order valence-corrected chi connectivity index (χ0v) is 18.7. The van der Waals surface area contributed by atoms with Gasteiger partial charge in [-0.05, 0) is 72.7 Å². The van der Waals surface area contributed by atoms with Crippen molar-refractivity contribution in [1.29, 1.82) is 0 Å². The quantitative estimate of drug-likeness (QED) is 0.663. The maximum Gasteiger partial charge on any atom is 0.238 e. The number of sulfonamides is 1. The number of nitrogens with zero attached hydrogens (tertiary/aromatic N) is 2. The van der Waals surface area contributed by atoms with Crippen LogP contribution in [0.5, 0.6) is 0 Å². The summed E-state index contributed by atoms with van der Waals surface area (Å²) in [6.07, 6.45) is 4.67. The highest BCUT2D eigenvalue weighted by molar-refractivity contribution is 7.89. The third-order valence-electron chi connectivity index (χ3n) is 6.62. The molecule has 0 saturated heterocycles. The van der Waals surface area contributed by atoms with Gasteiger partial charge in [0.1, 0.15) is 0 Å². The minimum Gasteiger partial charge on any atom is -0.308 e. The molecule has 0 bridgehead atoms. The van der Waals surface area contributed by atoms with E-state index in [1.54, 1.807) is 18.3 Å². The lowest BCUT2D eigenvalue weighted by molar-refractivity contribution is -0.122. The Labute approximate surface area is 188 Å². The first-order chi connectivity index (χ1) is 15.3. The molecule has 1 aromatic heterocycles. The molecule has 2 N–H and O–H groups in total. The summed E-state index contributed by atoms with van der Waals surface area (Å²) in [6, 6.07) is 17.0. The summed E-state index contributed by atoms with van der Waals surface area (Å²) in [5.74, 6) is -0.111. The van der Waals surface area contributed by atoms with Gasteiger partial charge in [-0.15, -0.1) is 0 Å². The van der Waals surface area contributed by atoms with E-state index in [4.69, 9.17) is 5.14 Å². The van der Waals surface area contributed by atoms with Gasteiger partial charge < -0.3 is 4.90 Å². The minimum absolute atomic E-state index is 0.0287.